The predicted molar refractivity (Wildman–Crippen MR) is 125 cm³/mol. The molecular formula is C25H27N5O2. The molecule has 0 amide bonds. The molecule has 2 aromatic heterocycles. The van der Waals surface area contributed by atoms with Crippen molar-refractivity contribution in [3.63, 3.8) is 0 Å². The summed E-state index contributed by atoms with van der Waals surface area (Å²) in [7, 11) is 0. The summed E-state index contributed by atoms with van der Waals surface area (Å²) >= 11 is 0. The average Bonchev–Trinajstić information content (AvgIpc) is 3.42. The van der Waals surface area contributed by atoms with Crippen molar-refractivity contribution in [3.05, 3.63) is 60.2 Å². The van der Waals surface area contributed by atoms with Gasteiger partial charge in [0, 0.05) is 35.1 Å². The van der Waals surface area contributed by atoms with E-state index in [9.17, 15) is 9.90 Å². The summed E-state index contributed by atoms with van der Waals surface area (Å²) in [4.78, 5) is 23.6. The van der Waals surface area contributed by atoms with Crippen molar-refractivity contribution in [1.29, 1.82) is 0 Å². The van der Waals surface area contributed by atoms with Gasteiger partial charge in [0.15, 0.2) is 0 Å². The maximum Gasteiger partial charge on any atom is 0.336 e. The quantitative estimate of drug-likeness (QED) is 0.388. The number of aromatic amines is 1. The first kappa shape index (κ1) is 20.6. The highest BCUT2D eigenvalue weighted by Gasteiger charge is 2.34. The summed E-state index contributed by atoms with van der Waals surface area (Å²) < 4.78 is 0. The van der Waals surface area contributed by atoms with Crippen LogP contribution in [0.2, 0.25) is 0 Å². The monoisotopic (exact) mass is 429 g/mol. The molecule has 2 heterocycles. The van der Waals surface area contributed by atoms with Gasteiger partial charge in [-0.15, -0.1) is 0 Å². The smallest absolute Gasteiger partial charge is 0.336 e. The molecule has 0 aliphatic heterocycles. The molecule has 2 saturated carbocycles. The van der Waals surface area contributed by atoms with Crippen LogP contribution in [0.3, 0.4) is 0 Å². The summed E-state index contributed by atoms with van der Waals surface area (Å²) in [6.07, 6.45) is 9.99. The Morgan fingerprint density at radius 3 is 2.62 bits per heavy atom. The Morgan fingerprint density at radius 2 is 1.97 bits per heavy atom. The van der Waals surface area contributed by atoms with Crippen LogP contribution in [0.25, 0.3) is 32.9 Å². The molecule has 0 atom stereocenters. The van der Waals surface area contributed by atoms with Crippen molar-refractivity contribution in [1.82, 2.24) is 15.0 Å². The fraction of sp³-hybridized carbons (Fsp3) is 0.320. The van der Waals surface area contributed by atoms with Crippen molar-refractivity contribution in [2.45, 2.75) is 50.1 Å². The number of nitrogens with two attached hydrogens (primary N) is 2. The van der Waals surface area contributed by atoms with Gasteiger partial charge in [0.25, 0.3) is 0 Å². The van der Waals surface area contributed by atoms with Crippen LogP contribution in [0.4, 0.5) is 0 Å². The second kappa shape index (κ2) is 8.00. The molecule has 0 spiro atoms. The molecule has 32 heavy (non-hydrogen) atoms. The number of H-pyrrole nitrogens is 1. The molecule has 2 aliphatic rings. The zero-order valence-electron chi connectivity index (χ0n) is 17.8. The Balaban J connectivity index is 0.000000489. The third-order valence-corrected chi connectivity index (χ3v) is 6.46. The van der Waals surface area contributed by atoms with E-state index in [4.69, 9.17) is 11.5 Å². The average molecular weight is 430 g/mol. The van der Waals surface area contributed by atoms with Crippen LogP contribution >= 0.6 is 0 Å². The van der Waals surface area contributed by atoms with Gasteiger partial charge in [-0.3, -0.25) is 0 Å². The number of aromatic nitrogens is 3. The Morgan fingerprint density at radius 1 is 1.19 bits per heavy atom. The number of nitrogens with zero attached hydrogens (tertiary/aromatic N) is 2. The van der Waals surface area contributed by atoms with E-state index in [1.165, 1.54) is 19.3 Å². The van der Waals surface area contributed by atoms with Crippen molar-refractivity contribution >= 4 is 27.8 Å². The van der Waals surface area contributed by atoms with Gasteiger partial charge in [-0.1, -0.05) is 24.3 Å². The minimum Gasteiger partial charge on any atom is -0.478 e. The van der Waals surface area contributed by atoms with Crippen molar-refractivity contribution in [2.24, 2.45) is 11.5 Å². The van der Waals surface area contributed by atoms with Gasteiger partial charge in [-0.2, -0.15) is 0 Å². The van der Waals surface area contributed by atoms with E-state index in [1.807, 2.05) is 30.5 Å². The third-order valence-electron chi connectivity index (χ3n) is 6.46. The van der Waals surface area contributed by atoms with Gasteiger partial charge in [-0.05, 0) is 60.6 Å². The van der Waals surface area contributed by atoms with Crippen molar-refractivity contribution < 1.29 is 9.90 Å². The summed E-state index contributed by atoms with van der Waals surface area (Å²) in [6, 6.07) is 11.8. The second-order valence-electron chi connectivity index (χ2n) is 9.02. The van der Waals surface area contributed by atoms with Crippen LogP contribution in [0, 0.1) is 0 Å². The lowest BCUT2D eigenvalue weighted by Crippen LogP contribution is -2.48. The van der Waals surface area contributed by atoms with E-state index in [0.717, 1.165) is 57.9 Å². The minimum absolute atomic E-state index is 0.171. The summed E-state index contributed by atoms with van der Waals surface area (Å²) in [5.74, 6) is -0.921. The Hall–Kier alpha value is -3.29. The molecule has 4 aromatic rings. The molecular weight excluding hydrogens is 402 g/mol. The van der Waals surface area contributed by atoms with Crippen LogP contribution < -0.4 is 11.5 Å². The lowest BCUT2D eigenvalue weighted by molar-refractivity contribution is 0.0699. The molecule has 7 heteroatoms. The minimum atomic E-state index is -0.921. The van der Waals surface area contributed by atoms with Crippen LogP contribution in [0.15, 0.2) is 48.9 Å². The maximum absolute atomic E-state index is 11.5. The molecule has 0 unspecified atom stereocenters. The normalized spacial score (nSPS) is 16.9. The van der Waals surface area contributed by atoms with Gasteiger partial charge < -0.3 is 21.6 Å². The molecule has 0 saturated heterocycles. The molecule has 7 nitrogen and oxygen atoms in total. The Kier molecular flexibility index (Phi) is 5.15. The number of benzene rings is 2. The summed E-state index contributed by atoms with van der Waals surface area (Å²) in [5, 5.41) is 12.0. The number of aromatic carboxylic acids is 1. The molecule has 2 fully saturated rings. The van der Waals surface area contributed by atoms with Crippen molar-refractivity contribution in [3.8, 4) is 11.1 Å². The molecule has 2 aromatic carbocycles. The zero-order chi connectivity index (χ0) is 22.3. The zero-order valence-corrected chi connectivity index (χ0v) is 17.8. The highest BCUT2D eigenvalue weighted by atomic mass is 16.4. The maximum atomic E-state index is 11.5. The molecule has 2 aliphatic carbocycles. The van der Waals surface area contributed by atoms with E-state index in [0.29, 0.717) is 11.6 Å². The van der Waals surface area contributed by atoms with Gasteiger partial charge in [0.05, 0.1) is 11.3 Å². The molecule has 0 radical (unpaired) electrons. The van der Waals surface area contributed by atoms with Crippen LogP contribution in [-0.4, -0.2) is 37.6 Å². The van der Waals surface area contributed by atoms with E-state index >= 15 is 0 Å². The Bertz CT molecular complexity index is 1300. The third kappa shape index (κ3) is 3.97. The predicted octanol–water partition coefficient (Wildman–Crippen LogP) is 4.01. The number of rotatable bonds is 4. The van der Waals surface area contributed by atoms with Crippen LogP contribution in [0.1, 0.15) is 48.2 Å². The number of hydrogen-bond donors (Lipinski definition) is 4. The number of carboxylic acids is 1. The molecule has 164 valence electrons. The number of carbonyl (C=O) groups is 1. The first-order valence-electron chi connectivity index (χ1n) is 11.1. The van der Waals surface area contributed by atoms with E-state index in [1.54, 1.807) is 18.5 Å². The molecule has 6 rings (SSSR count). The van der Waals surface area contributed by atoms with Gasteiger partial charge in [0.2, 0.25) is 0 Å². The van der Waals surface area contributed by atoms with Crippen LogP contribution in [0.5, 0.6) is 0 Å². The lowest BCUT2D eigenvalue weighted by atomic mass is 9.74. The fourth-order valence-corrected chi connectivity index (χ4v) is 4.26. The fourth-order valence-electron chi connectivity index (χ4n) is 4.26. The van der Waals surface area contributed by atoms with Crippen LogP contribution in [-0.2, 0) is 6.42 Å². The van der Waals surface area contributed by atoms with Gasteiger partial charge in [-0.25, -0.2) is 14.8 Å². The van der Waals surface area contributed by atoms with Crippen molar-refractivity contribution in [2.75, 3.05) is 0 Å². The van der Waals surface area contributed by atoms with E-state index < -0.39 is 5.97 Å². The first-order chi connectivity index (χ1) is 15.4. The lowest BCUT2D eigenvalue weighted by Gasteiger charge is -2.38. The largest absolute Gasteiger partial charge is 0.478 e. The number of nitrogens with one attached hydrogen (secondary N) is 1. The standard InChI is InChI=1S/C22H20N4O2.C3H7N/c23-22(7-2-8-22)10-18-19-17(11-24-20(19)26-12-25-18)14-5-6-15-13(9-14)3-1-4-16(15)21(27)28;4-3-1-2-3/h1,3-6,9,11-12H,2,7-8,10,23H2,(H,27,28)(H,24,25,26);3H,1-2,4H2. The molecule has 0 bridgehead atoms. The highest BCUT2D eigenvalue weighted by Crippen LogP contribution is 2.37. The Labute approximate surface area is 185 Å². The number of carboxylic acid groups (broad SMARTS) is 1. The highest BCUT2D eigenvalue weighted by molar-refractivity contribution is 6.05. The summed E-state index contributed by atoms with van der Waals surface area (Å²) in [5.41, 5.74) is 15.6. The first-order valence-corrected chi connectivity index (χ1v) is 11.1. The van der Waals surface area contributed by atoms with Gasteiger partial charge in [0.1, 0.15) is 12.0 Å². The molecule has 6 N–H and O–H groups in total. The summed E-state index contributed by atoms with van der Waals surface area (Å²) in [6.45, 7) is 0. The van der Waals surface area contributed by atoms with E-state index in [2.05, 4.69) is 15.0 Å². The van der Waals surface area contributed by atoms with E-state index in [-0.39, 0.29) is 5.54 Å². The SMILES string of the molecule is NC1(Cc2ncnc3[nH]cc(-c4ccc5c(C(=O)O)cccc5c4)c23)CCC1.NC1CC1. The van der Waals surface area contributed by atoms with Gasteiger partial charge >= 0.3 is 5.97 Å². The topological polar surface area (TPSA) is 131 Å². The second-order valence-corrected chi connectivity index (χ2v) is 9.02. The number of fused-ring (bicyclic) bond motifs is 2. The number of hydrogen-bond acceptors (Lipinski definition) is 5.